The van der Waals surface area contributed by atoms with Crippen LogP contribution in [0.1, 0.15) is 28.5 Å². The predicted octanol–water partition coefficient (Wildman–Crippen LogP) is 2.46. The van der Waals surface area contributed by atoms with Crippen LogP contribution in [0.4, 0.5) is 10.1 Å². The lowest BCUT2D eigenvalue weighted by molar-refractivity contribution is -0.113. The number of carbonyl (C=O) groups is 2. The number of Topliss-reactive ketones (excluding diaryl/α,β-unsaturated/α-hetero) is 1. The molecule has 0 radical (unpaired) electrons. The van der Waals surface area contributed by atoms with Gasteiger partial charge in [-0.2, -0.15) is 4.98 Å². The van der Waals surface area contributed by atoms with Gasteiger partial charge in [-0.1, -0.05) is 17.8 Å². The average Bonchev–Trinajstić information content (AvgIpc) is 2.47. The Morgan fingerprint density at radius 3 is 2.67 bits per heavy atom. The number of aromatic amines is 1. The van der Waals surface area contributed by atoms with Gasteiger partial charge < -0.3 is 10.3 Å². The molecule has 0 aliphatic heterocycles. The molecule has 0 fully saturated rings. The van der Waals surface area contributed by atoms with Crippen LogP contribution in [-0.2, 0) is 4.79 Å². The quantitative estimate of drug-likeness (QED) is 0.491. The molecule has 1 aromatic heterocycles. The summed E-state index contributed by atoms with van der Waals surface area (Å²) in [6.07, 6.45) is 0. The van der Waals surface area contributed by atoms with Gasteiger partial charge in [0.2, 0.25) is 5.91 Å². The zero-order chi connectivity index (χ0) is 17.9. The summed E-state index contributed by atoms with van der Waals surface area (Å²) in [4.78, 5) is 41.3. The van der Waals surface area contributed by atoms with Gasteiger partial charge in [-0.3, -0.25) is 9.59 Å². The minimum Gasteiger partial charge on any atom is -0.325 e. The number of H-pyrrole nitrogens is 1. The number of aryl methyl sites for hydroxylation is 2. The number of benzene rings is 1. The fourth-order valence-corrected chi connectivity index (χ4v) is 3.01. The van der Waals surface area contributed by atoms with Gasteiger partial charge in [0.05, 0.1) is 11.3 Å². The lowest BCUT2D eigenvalue weighted by Crippen LogP contribution is -2.19. The van der Waals surface area contributed by atoms with Crippen LogP contribution in [-0.4, -0.2) is 27.4 Å². The molecule has 0 bridgehead atoms. The smallest absolute Gasteiger partial charge is 0.325 e. The van der Waals surface area contributed by atoms with E-state index in [0.29, 0.717) is 16.9 Å². The summed E-state index contributed by atoms with van der Waals surface area (Å²) in [6, 6.07) is 4.39. The Morgan fingerprint density at radius 1 is 1.33 bits per heavy atom. The zero-order valence-electron chi connectivity index (χ0n) is 13.4. The number of nitrogens with one attached hydrogen (secondary N) is 2. The molecule has 0 unspecified atom stereocenters. The molecule has 2 aromatic rings. The second-order valence-corrected chi connectivity index (χ2v) is 6.17. The van der Waals surface area contributed by atoms with Crippen molar-refractivity contribution in [2.45, 2.75) is 25.8 Å². The Kier molecular flexibility index (Phi) is 5.50. The van der Waals surface area contributed by atoms with Crippen molar-refractivity contribution < 1.29 is 14.0 Å². The van der Waals surface area contributed by atoms with Crippen LogP contribution in [0.3, 0.4) is 0 Å². The van der Waals surface area contributed by atoms with Crippen molar-refractivity contribution >= 4 is 29.1 Å². The summed E-state index contributed by atoms with van der Waals surface area (Å²) in [5.41, 5.74) is 0.933. The second kappa shape index (κ2) is 7.39. The molecule has 1 aromatic carbocycles. The van der Waals surface area contributed by atoms with Crippen LogP contribution in [0.5, 0.6) is 0 Å². The van der Waals surface area contributed by atoms with Crippen LogP contribution in [0.2, 0.25) is 0 Å². The monoisotopic (exact) mass is 349 g/mol. The van der Waals surface area contributed by atoms with Crippen molar-refractivity contribution in [1.29, 1.82) is 0 Å². The third-order valence-electron chi connectivity index (χ3n) is 3.23. The van der Waals surface area contributed by atoms with Crippen LogP contribution in [0.25, 0.3) is 0 Å². The van der Waals surface area contributed by atoms with Crippen molar-refractivity contribution in [2.75, 3.05) is 11.1 Å². The standard InChI is InChI=1S/C16H16FN3O3S/c1-8-4-5-11(6-12(8)17)19-13(22)7-24-15-14(10(3)21)9(2)18-16(23)20-15/h4-6H,7H2,1-3H3,(H,19,22)(H,18,20,23). The van der Waals surface area contributed by atoms with Crippen molar-refractivity contribution in [2.24, 2.45) is 0 Å². The third-order valence-corrected chi connectivity index (χ3v) is 4.21. The van der Waals surface area contributed by atoms with Gasteiger partial charge in [-0.25, -0.2) is 9.18 Å². The molecular formula is C16H16FN3O3S. The van der Waals surface area contributed by atoms with E-state index in [1.54, 1.807) is 26.0 Å². The largest absolute Gasteiger partial charge is 0.346 e. The van der Waals surface area contributed by atoms with Crippen LogP contribution in [0.15, 0.2) is 28.0 Å². The molecule has 0 saturated carbocycles. The Balaban J connectivity index is 2.10. The van der Waals surface area contributed by atoms with Crippen molar-refractivity contribution in [3.8, 4) is 0 Å². The maximum atomic E-state index is 13.5. The van der Waals surface area contributed by atoms with E-state index in [2.05, 4.69) is 15.3 Å². The molecule has 8 heteroatoms. The van der Waals surface area contributed by atoms with Gasteiger partial charge in [0.15, 0.2) is 5.78 Å². The van der Waals surface area contributed by atoms with E-state index in [1.165, 1.54) is 13.0 Å². The van der Waals surface area contributed by atoms with Crippen molar-refractivity contribution in [1.82, 2.24) is 9.97 Å². The number of amides is 1. The minimum atomic E-state index is -0.582. The molecule has 0 spiro atoms. The number of rotatable bonds is 5. The van der Waals surface area contributed by atoms with Gasteiger partial charge >= 0.3 is 5.69 Å². The highest BCUT2D eigenvalue weighted by atomic mass is 32.2. The molecule has 2 rings (SSSR count). The van der Waals surface area contributed by atoms with E-state index in [0.717, 1.165) is 11.8 Å². The lowest BCUT2D eigenvalue weighted by Gasteiger charge is -2.09. The van der Waals surface area contributed by atoms with Crippen LogP contribution in [0, 0.1) is 19.7 Å². The summed E-state index contributed by atoms with van der Waals surface area (Å²) in [7, 11) is 0. The first-order valence-electron chi connectivity index (χ1n) is 7.08. The Bertz CT molecular complexity index is 864. The second-order valence-electron chi connectivity index (χ2n) is 5.20. The predicted molar refractivity (Wildman–Crippen MR) is 90.1 cm³/mol. The number of nitrogens with zero attached hydrogens (tertiary/aromatic N) is 1. The summed E-state index contributed by atoms with van der Waals surface area (Å²) in [5, 5.41) is 2.76. The third kappa shape index (κ3) is 4.29. The van der Waals surface area contributed by atoms with E-state index in [9.17, 15) is 18.8 Å². The van der Waals surface area contributed by atoms with Gasteiger partial charge in [0.1, 0.15) is 10.8 Å². The molecule has 0 aliphatic carbocycles. The van der Waals surface area contributed by atoms with E-state index >= 15 is 0 Å². The minimum absolute atomic E-state index is 0.0638. The van der Waals surface area contributed by atoms with Gasteiger partial charge in [-0.15, -0.1) is 0 Å². The first-order valence-corrected chi connectivity index (χ1v) is 8.07. The molecule has 0 atom stereocenters. The summed E-state index contributed by atoms with van der Waals surface area (Å²) in [5.74, 6) is -1.12. The highest BCUT2D eigenvalue weighted by Gasteiger charge is 2.16. The molecule has 24 heavy (non-hydrogen) atoms. The number of halogens is 1. The maximum Gasteiger partial charge on any atom is 0.346 e. The summed E-state index contributed by atoms with van der Waals surface area (Å²) < 4.78 is 13.5. The summed E-state index contributed by atoms with van der Waals surface area (Å²) >= 11 is 0.981. The van der Waals surface area contributed by atoms with Crippen LogP contribution >= 0.6 is 11.8 Å². The van der Waals surface area contributed by atoms with E-state index in [-0.39, 0.29) is 22.1 Å². The molecule has 126 valence electrons. The fraction of sp³-hybridized carbons (Fsp3) is 0.250. The van der Waals surface area contributed by atoms with E-state index in [4.69, 9.17) is 0 Å². The highest BCUT2D eigenvalue weighted by molar-refractivity contribution is 8.00. The number of aromatic nitrogens is 2. The first-order chi connectivity index (χ1) is 11.3. The lowest BCUT2D eigenvalue weighted by atomic mass is 10.2. The first kappa shape index (κ1) is 17.9. The van der Waals surface area contributed by atoms with Gasteiger partial charge in [-0.05, 0) is 38.5 Å². The van der Waals surface area contributed by atoms with Gasteiger partial charge in [0.25, 0.3) is 0 Å². The van der Waals surface area contributed by atoms with E-state index < -0.39 is 17.4 Å². The Morgan fingerprint density at radius 2 is 2.04 bits per heavy atom. The molecule has 1 amide bonds. The average molecular weight is 349 g/mol. The zero-order valence-corrected chi connectivity index (χ0v) is 14.2. The molecule has 0 aliphatic rings. The molecule has 0 saturated heterocycles. The topological polar surface area (TPSA) is 91.9 Å². The maximum absolute atomic E-state index is 13.5. The fourth-order valence-electron chi connectivity index (χ4n) is 2.08. The number of carbonyl (C=O) groups excluding carboxylic acids is 2. The number of anilines is 1. The highest BCUT2D eigenvalue weighted by Crippen LogP contribution is 2.22. The summed E-state index contributed by atoms with van der Waals surface area (Å²) in [6.45, 7) is 4.58. The number of thioether (sulfide) groups is 1. The van der Waals surface area contributed by atoms with Crippen molar-refractivity contribution in [3.63, 3.8) is 0 Å². The number of ketones is 1. The normalized spacial score (nSPS) is 10.5. The molecule has 6 nitrogen and oxygen atoms in total. The number of hydrogen-bond donors (Lipinski definition) is 2. The van der Waals surface area contributed by atoms with E-state index in [1.807, 2.05) is 0 Å². The Hall–Kier alpha value is -2.48. The molecule has 1 heterocycles. The van der Waals surface area contributed by atoms with Crippen molar-refractivity contribution in [3.05, 3.63) is 51.3 Å². The molecule has 2 N–H and O–H groups in total. The SMILES string of the molecule is CC(=O)c1c(SCC(=O)Nc2ccc(C)c(F)c2)nc(=O)[nH]c1C. The van der Waals surface area contributed by atoms with Gasteiger partial charge in [0, 0.05) is 11.4 Å². The molecular weight excluding hydrogens is 333 g/mol. The Labute approximate surface area is 141 Å². The number of hydrogen-bond acceptors (Lipinski definition) is 5. The van der Waals surface area contributed by atoms with Crippen LogP contribution < -0.4 is 11.0 Å².